The summed E-state index contributed by atoms with van der Waals surface area (Å²) in [5.74, 6) is 0.920. The molecule has 0 atom stereocenters. The van der Waals surface area contributed by atoms with E-state index in [0.717, 1.165) is 65.8 Å². The normalized spacial score (nSPS) is 14.8. The molecule has 7 nitrogen and oxygen atoms in total. The maximum atomic E-state index is 12.9. The highest BCUT2D eigenvalue weighted by Gasteiger charge is 2.23. The predicted molar refractivity (Wildman–Crippen MR) is 121 cm³/mol. The number of amides is 1. The van der Waals surface area contributed by atoms with E-state index in [1.807, 2.05) is 47.4 Å². The number of carbonyl (C=O) groups excluding carboxylic acids is 1. The van der Waals surface area contributed by atoms with Crippen molar-refractivity contribution in [3.63, 3.8) is 0 Å². The first-order chi connectivity index (χ1) is 15.2. The number of rotatable bonds is 5. The lowest BCUT2D eigenvalue weighted by Crippen LogP contribution is -2.48. The average molecular weight is 434 g/mol. The Labute approximate surface area is 184 Å². The topological polar surface area (TPSA) is 74.3 Å². The largest absolute Gasteiger partial charge is 0.497 e. The van der Waals surface area contributed by atoms with Gasteiger partial charge in [-0.05, 0) is 42.5 Å². The number of aromatic amines is 1. The van der Waals surface area contributed by atoms with Gasteiger partial charge in [0.15, 0.2) is 0 Å². The maximum Gasteiger partial charge on any atom is 0.254 e. The fraction of sp³-hybridized carbons (Fsp3) is 0.261. The first-order valence-electron chi connectivity index (χ1n) is 10.2. The number of imidazole rings is 1. The molecule has 4 aromatic rings. The number of nitrogens with zero attached hydrogens (tertiary/aromatic N) is 4. The number of hydrogen-bond donors (Lipinski definition) is 1. The Kier molecular flexibility index (Phi) is 5.40. The van der Waals surface area contributed by atoms with Gasteiger partial charge >= 0.3 is 0 Å². The van der Waals surface area contributed by atoms with E-state index in [9.17, 15) is 4.79 Å². The van der Waals surface area contributed by atoms with E-state index in [1.165, 1.54) is 0 Å². The van der Waals surface area contributed by atoms with Crippen molar-refractivity contribution in [2.45, 2.75) is 6.54 Å². The van der Waals surface area contributed by atoms with E-state index in [0.29, 0.717) is 5.56 Å². The molecule has 1 saturated heterocycles. The third kappa shape index (κ3) is 4.17. The van der Waals surface area contributed by atoms with Crippen LogP contribution in [0, 0.1) is 0 Å². The molecule has 2 aromatic carbocycles. The molecule has 0 aliphatic carbocycles. The van der Waals surface area contributed by atoms with Gasteiger partial charge < -0.3 is 14.6 Å². The molecule has 0 bridgehead atoms. The summed E-state index contributed by atoms with van der Waals surface area (Å²) in [6.07, 6.45) is 1.65. The van der Waals surface area contributed by atoms with Gasteiger partial charge in [0.2, 0.25) is 0 Å². The Hall–Kier alpha value is -3.23. The van der Waals surface area contributed by atoms with Crippen molar-refractivity contribution >= 4 is 28.3 Å². The summed E-state index contributed by atoms with van der Waals surface area (Å²) in [6, 6.07) is 13.6. The van der Waals surface area contributed by atoms with Gasteiger partial charge in [-0.2, -0.15) is 0 Å². The van der Waals surface area contributed by atoms with Crippen molar-refractivity contribution in [3.05, 3.63) is 64.7 Å². The fourth-order valence-corrected chi connectivity index (χ4v) is 4.67. The first-order valence-corrected chi connectivity index (χ1v) is 11.1. The van der Waals surface area contributed by atoms with Crippen LogP contribution in [0.5, 0.6) is 5.75 Å². The minimum Gasteiger partial charge on any atom is -0.497 e. The second kappa shape index (κ2) is 8.49. The molecule has 2 aromatic heterocycles. The summed E-state index contributed by atoms with van der Waals surface area (Å²) in [4.78, 5) is 29.3. The number of hydrogen-bond acceptors (Lipinski definition) is 6. The third-order valence-electron chi connectivity index (χ3n) is 5.62. The van der Waals surface area contributed by atoms with Crippen LogP contribution in [0.2, 0.25) is 0 Å². The van der Waals surface area contributed by atoms with Crippen LogP contribution in [-0.2, 0) is 6.54 Å². The molecular formula is C23H23N5O2S. The standard InChI is InChI=1S/C23H23N5O2S/c1-30-18-5-2-16(3-6-18)21-14-31-22(26-21)13-27-8-10-28(11-9-27)23(29)17-4-7-19-20(12-17)25-15-24-19/h2-7,12,14-15H,8-11,13H2,1H3,(H,24,25). The molecule has 1 aliphatic heterocycles. The molecule has 158 valence electrons. The van der Waals surface area contributed by atoms with Gasteiger partial charge in [-0.15, -0.1) is 11.3 Å². The molecule has 0 saturated carbocycles. The summed E-state index contributed by atoms with van der Waals surface area (Å²) in [5.41, 5.74) is 4.55. The number of H-pyrrole nitrogens is 1. The van der Waals surface area contributed by atoms with Crippen LogP contribution in [0.3, 0.4) is 0 Å². The smallest absolute Gasteiger partial charge is 0.254 e. The molecule has 3 heterocycles. The van der Waals surface area contributed by atoms with Crippen LogP contribution in [-0.4, -0.2) is 63.9 Å². The van der Waals surface area contributed by atoms with Crippen LogP contribution in [0.25, 0.3) is 22.3 Å². The molecule has 0 unspecified atom stereocenters. The number of methoxy groups -OCH3 is 1. The molecule has 8 heteroatoms. The summed E-state index contributed by atoms with van der Waals surface area (Å²) in [7, 11) is 1.67. The molecule has 1 fully saturated rings. The second-order valence-corrected chi connectivity index (χ2v) is 8.50. The molecular weight excluding hydrogens is 410 g/mol. The van der Waals surface area contributed by atoms with Crippen molar-refractivity contribution in [3.8, 4) is 17.0 Å². The van der Waals surface area contributed by atoms with Crippen LogP contribution in [0.4, 0.5) is 0 Å². The number of carbonyl (C=O) groups is 1. The van der Waals surface area contributed by atoms with E-state index >= 15 is 0 Å². The van der Waals surface area contributed by atoms with E-state index in [1.54, 1.807) is 24.8 Å². The summed E-state index contributed by atoms with van der Waals surface area (Å²) in [5, 5.41) is 3.19. The zero-order chi connectivity index (χ0) is 21.2. The SMILES string of the molecule is COc1ccc(-c2csc(CN3CCN(C(=O)c4ccc5nc[nH]c5c4)CC3)n2)cc1. The highest BCUT2D eigenvalue weighted by atomic mass is 32.1. The van der Waals surface area contributed by atoms with Gasteiger partial charge in [-0.25, -0.2) is 9.97 Å². The maximum absolute atomic E-state index is 12.9. The van der Waals surface area contributed by atoms with E-state index < -0.39 is 0 Å². The lowest BCUT2D eigenvalue weighted by molar-refractivity contribution is 0.0628. The molecule has 0 radical (unpaired) electrons. The van der Waals surface area contributed by atoms with Crippen molar-refractivity contribution in [2.24, 2.45) is 0 Å². The van der Waals surface area contributed by atoms with E-state index in [2.05, 4.69) is 20.2 Å². The molecule has 1 amide bonds. The number of ether oxygens (including phenoxy) is 1. The number of thiazole rings is 1. The van der Waals surface area contributed by atoms with Crippen LogP contribution >= 0.6 is 11.3 Å². The van der Waals surface area contributed by atoms with E-state index in [-0.39, 0.29) is 5.91 Å². The zero-order valence-electron chi connectivity index (χ0n) is 17.2. The number of benzene rings is 2. The fourth-order valence-electron chi connectivity index (χ4n) is 3.83. The minimum absolute atomic E-state index is 0.0761. The van der Waals surface area contributed by atoms with Crippen molar-refractivity contribution in [1.29, 1.82) is 0 Å². The molecule has 31 heavy (non-hydrogen) atoms. The Morgan fingerprint density at radius 3 is 2.71 bits per heavy atom. The Bertz CT molecular complexity index is 1190. The number of fused-ring (bicyclic) bond motifs is 1. The minimum atomic E-state index is 0.0761. The van der Waals surface area contributed by atoms with Gasteiger partial charge in [0.1, 0.15) is 10.8 Å². The number of nitrogens with one attached hydrogen (secondary N) is 1. The van der Waals surface area contributed by atoms with Gasteiger partial charge in [0, 0.05) is 42.7 Å². The van der Waals surface area contributed by atoms with Gasteiger partial charge in [-0.1, -0.05) is 0 Å². The highest BCUT2D eigenvalue weighted by Crippen LogP contribution is 2.25. The Morgan fingerprint density at radius 2 is 1.94 bits per heavy atom. The Balaban J connectivity index is 1.18. The molecule has 1 aliphatic rings. The lowest BCUT2D eigenvalue weighted by Gasteiger charge is -2.34. The monoisotopic (exact) mass is 433 g/mol. The first kappa shape index (κ1) is 19.7. The molecule has 5 rings (SSSR count). The van der Waals surface area contributed by atoms with Crippen LogP contribution in [0.1, 0.15) is 15.4 Å². The van der Waals surface area contributed by atoms with Crippen LogP contribution < -0.4 is 4.74 Å². The summed E-state index contributed by atoms with van der Waals surface area (Å²) < 4.78 is 5.22. The quantitative estimate of drug-likeness (QED) is 0.520. The van der Waals surface area contributed by atoms with Crippen molar-refractivity contribution < 1.29 is 9.53 Å². The summed E-state index contributed by atoms with van der Waals surface area (Å²) >= 11 is 1.68. The number of piperazine rings is 1. The molecule has 1 N–H and O–H groups in total. The Morgan fingerprint density at radius 1 is 1.13 bits per heavy atom. The van der Waals surface area contributed by atoms with Gasteiger partial charge in [0.05, 0.1) is 36.7 Å². The van der Waals surface area contributed by atoms with Crippen LogP contribution in [0.15, 0.2) is 54.2 Å². The molecule has 0 spiro atoms. The lowest BCUT2D eigenvalue weighted by atomic mass is 10.1. The highest BCUT2D eigenvalue weighted by molar-refractivity contribution is 7.09. The van der Waals surface area contributed by atoms with Crippen molar-refractivity contribution in [2.75, 3.05) is 33.3 Å². The number of aromatic nitrogens is 3. The van der Waals surface area contributed by atoms with E-state index in [4.69, 9.17) is 9.72 Å². The van der Waals surface area contributed by atoms with Gasteiger partial charge in [-0.3, -0.25) is 9.69 Å². The van der Waals surface area contributed by atoms with Crippen molar-refractivity contribution in [1.82, 2.24) is 24.8 Å². The summed E-state index contributed by atoms with van der Waals surface area (Å²) in [6.45, 7) is 3.93. The average Bonchev–Trinajstić information content (AvgIpc) is 3.48. The third-order valence-corrected chi connectivity index (χ3v) is 6.46. The second-order valence-electron chi connectivity index (χ2n) is 7.56. The predicted octanol–water partition coefficient (Wildman–Crippen LogP) is 3.65. The van der Waals surface area contributed by atoms with Gasteiger partial charge in [0.25, 0.3) is 5.91 Å². The zero-order valence-corrected chi connectivity index (χ0v) is 18.1.